The first-order valence-corrected chi connectivity index (χ1v) is 7.46. The molecule has 1 fully saturated rings. The molecule has 1 aromatic rings. The van der Waals surface area contributed by atoms with Crippen LogP contribution >= 0.6 is 11.8 Å². The highest BCUT2D eigenvalue weighted by atomic mass is 32.2. The predicted molar refractivity (Wildman–Crippen MR) is 82.6 cm³/mol. The van der Waals surface area contributed by atoms with Crippen molar-refractivity contribution in [3.05, 3.63) is 36.0 Å². The summed E-state index contributed by atoms with van der Waals surface area (Å²) < 4.78 is 5.19. The van der Waals surface area contributed by atoms with Gasteiger partial charge in [-0.1, -0.05) is 0 Å². The van der Waals surface area contributed by atoms with Crippen LogP contribution in [-0.4, -0.2) is 37.1 Å². The number of thioether (sulfide) groups is 1. The van der Waals surface area contributed by atoms with E-state index in [1.807, 2.05) is 11.5 Å². The van der Waals surface area contributed by atoms with Crippen molar-refractivity contribution < 1.29 is 9.53 Å². The summed E-state index contributed by atoms with van der Waals surface area (Å²) in [6.07, 6.45) is 1.41. The number of amides is 1. The Morgan fingerprint density at radius 1 is 1.27 bits per heavy atom. The number of morpholine rings is 1. The van der Waals surface area contributed by atoms with E-state index in [4.69, 9.17) is 15.3 Å². The van der Waals surface area contributed by atoms with E-state index in [1.165, 1.54) is 6.20 Å². The number of nitriles is 2. The maximum absolute atomic E-state index is 12.2. The first-order chi connectivity index (χ1) is 10.7. The Morgan fingerprint density at radius 2 is 1.95 bits per heavy atom. The molecule has 0 radical (unpaired) electrons. The number of ether oxygens (including phenoxy) is 1. The van der Waals surface area contributed by atoms with Gasteiger partial charge in [0, 0.05) is 29.9 Å². The zero-order chi connectivity index (χ0) is 15.8. The normalized spacial score (nSPS) is 14.8. The number of hydrogen-bond acceptors (Lipinski definition) is 6. The van der Waals surface area contributed by atoms with Gasteiger partial charge in [-0.3, -0.25) is 4.79 Å². The van der Waals surface area contributed by atoms with E-state index in [2.05, 4.69) is 5.32 Å². The van der Waals surface area contributed by atoms with Gasteiger partial charge in [0.05, 0.1) is 13.2 Å². The van der Waals surface area contributed by atoms with Crippen LogP contribution in [0.25, 0.3) is 0 Å². The number of nitrogens with zero attached hydrogens (tertiary/aromatic N) is 3. The minimum atomic E-state index is -0.296. The van der Waals surface area contributed by atoms with Crippen molar-refractivity contribution in [1.29, 1.82) is 10.5 Å². The second-order valence-corrected chi connectivity index (χ2v) is 5.29. The molecule has 6 nitrogen and oxygen atoms in total. The molecule has 1 heterocycles. The molecule has 0 aliphatic carbocycles. The minimum absolute atomic E-state index is 0.0531. The highest BCUT2D eigenvalue weighted by Gasteiger charge is 2.20. The van der Waals surface area contributed by atoms with E-state index in [1.54, 1.807) is 29.2 Å². The number of hydrogen-bond donors (Lipinski definition) is 1. The lowest BCUT2D eigenvalue weighted by atomic mass is 10.2. The number of thiocyanates is 1. The molecule has 1 N–H and O–H groups in total. The number of nitrogens with one attached hydrogen (secondary N) is 1. The van der Waals surface area contributed by atoms with Crippen LogP contribution < -0.4 is 5.32 Å². The molecule has 0 aromatic heterocycles. The van der Waals surface area contributed by atoms with E-state index < -0.39 is 0 Å². The van der Waals surface area contributed by atoms with Gasteiger partial charge in [0.15, 0.2) is 0 Å². The molecule has 2 rings (SSSR count). The molecule has 0 spiro atoms. The molecule has 112 valence electrons. The van der Waals surface area contributed by atoms with Crippen LogP contribution in [0.3, 0.4) is 0 Å². The lowest BCUT2D eigenvalue weighted by Gasteiger charge is -2.26. The summed E-state index contributed by atoms with van der Waals surface area (Å²) in [5.74, 6) is -0.296. The zero-order valence-corrected chi connectivity index (χ0v) is 12.6. The third-order valence-corrected chi connectivity index (χ3v) is 3.65. The summed E-state index contributed by atoms with van der Waals surface area (Å²) in [5.41, 5.74) is 0.794. The lowest BCUT2D eigenvalue weighted by Crippen LogP contribution is -2.41. The second kappa shape index (κ2) is 8.08. The summed E-state index contributed by atoms with van der Waals surface area (Å²) in [6, 6.07) is 9.07. The van der Waals surface area contributed by atoms with Gasteiger partial charge < -0.3 is 15.0 Å². The van der Waals surface area contributed by atoms with Gasteiger partial charge in [0.2, 0.25) is 0 Å². The molecular formula is C15H14N4O2S. The summed E-state index contributed by atoms with van der Waals surface area (Å²) in [4.78, 5) is 14.6. The third kappa shape index (κ3) is 4.26. The van der Waals surface area contributed by atoms with Gasteiger partial charge in [-0.15, -0.1) is 0 Å². The molecule has 1 aliphatic heterocycles. The van der Waals surface area contributed by atoms with Crippen molar-refractivity contribution >= 4 is 23.4 Å². The quantitative estimate of drug-likeness (QED) is 0.395. The van der Waals surface area contributed by atoms with Crippen LogP contribution in [0.4, 0.5) is 5.69 Å². The molecule has 0 unspecified atom stereocenters. The first kappa shape index (κ1) is 15.9. The number of carbonyl (C=O) groups excluding carboxylic acids is 1. The fourth-order valence-corrected chi connectivity index (χ4v) is 2.28. The molecule has 1 saturated heterocycles. The monoisotopic (exact) mass is 314 g/mol. The Morgan fingerprint density at radius 3 is 2.55 bits per heavy atom. The van der Waals surface area contributed by atoms with Crippen LogP contribution in [0.5, 0.6) is 0 Å². The maximum Gasteiger partial charge on any atom is 0.266 e. The van der Waals surface area contributed by atoms with Crippen molar-refractivity contribution in [1.82, 2.24) is 4.90 Å². The molecule has 7 heteroatoms. The standard InChI is InChI=1S/C15H14N4O2S/c16-9-12(15(20)19-5-7-21-8-6-19)10-18-13-1-3-14(4-2-13)22-11-17/h1-4,10,18H,5-8H2/b12-10-. The molecular weight excluding hydrogens is 300 g/mol. The molecule has 1 amide bonds. The van der Waals surface area contributed by atoms with Crippen molar-refractivity contribution in [2.75, 3.05) is 31.6 Å². The van der Waals surface area contributed by atoms with Gasteiger partial charge in [0.25, 0.3) is 5.91 Å². The number of carbonyl (C=O) groups is 1. The van der Waals surface area contributed by atoms with E-state index in [9.17, 15) is 4.79 Å². The number of anilines is 1. The molecule has 0 bridgehead atoms. The topological polar surface area (TPSA) is 89.2 Å². The zero-order valence-electron chi connectivity index (χ0n) is 11.8. The SMILES string of the molecule is N#CSc1ccc(N/C=C(/C#N)C(=O)N2CCOCC2)cc1. The van der Waals surface area contributed by atoms with E-state index >= 15 is 0 Å². The van der Waals surface area contributed by atoms with Gasteiger partial charge >= 0.3 is 0 Å². The first-order valence-electron chi connectivity index (χ1n) is 6.64. The summed E-state index contributed by atoms with van der Waals surface area (Å²) in [6.45, 7) is 1.99. The molecule has 1 aliphatic rings. The van der Waals surface area contributed by atoms with Crippen molar-refractivity contribution in [3.63, 3.8) is 0 Å². The van der Waals surface area contributed by atoms with Crippen molar-refractivity contribution in [2.45, 2.75) is 4.90 Å². The summed E-state index contributed by atoms with van der Waals surface area (Å²) >= 11 is 1.07. The Kier molecular flexibility index (Phi) is 5.84. The van der Waals surface area contributed by atoms with Crippen LogP contribution in [0.1, 0.15) is 0 Å². The van der Waals surface area contributed by atoms with Gasteiger partial charge in [-0.05, 0) is 36.0 Å². The Balaban J connectivity index is 2.01. The van der Waals surface area contributed by atoms with E-state index in [-0.39, 0.29) is 11.5 Å². The molecule has 1 aromatic carbocycles. The van der Waals surface area contributed by atoms with Crippen molar-refractivity contribution in [2.24, 2.45) is 0 Å². The number of benzene rings is 1. The summed E-state index contributed by atoms with van der Waals surface area (Å²) in [5, 5.41) is 22.7. The van der Waals surface area contributed by atoms with Crippen LogP contribution in [0, 0.1) is 22.0 Å². The Hall–Kier alpha value is -2.48. The maximum atomic E-state index is 12.2. The average molecular weight is 314 g/mol. The highest BCUT2D eigenvalue weighted by Crippen LogP contribution is 2.19. The van der Waals surface area contributed by atoms with E-state index in [0.717, 1.165) is 22.3 Å². The van der Waals surface area contributed by atoms with Crippen molar-refractivity contribution in [3.8, 4) is 11.5 Å². The van der Waals surface area contributed by atoms with E-state index in [0.29, 0.717) is 26.3 Å². The lowest BCUT2D eigenvalue weighted by molar-refractivity contribution is -0.130. The summed E-state index contributed by atoms with van der Waals surface area (Å²) in [7, 11) is 0. The Labute approximate surface area is 133 Å². The van der Waals surface area contributed by atoms with Crippen LogP contribution in [0.2, 0.25) is 0 Å². The fourth-order valence-electron chi connectivity index (χ4n) is 1.91. The third-order valence-electron chi connectivity index (χ3n) is 3.05. The number of rotatable bonds is 4. The van der Waals surface area contributed by atoms with Gasteiger partial charge in [0.1, 0.15) is 17.0 Å². The highest BCUT2D eigenvalue weighted by molar-refractivity contribution is 8.03. The van der Waals surface area contributed by atoms with Crippen LogP contribution in [0.15, 0.2) is 40.9 Å². The average Bonchev–Trinajstić information content (AvgIpc) is 2.58. The predicted octanol–water partition coefficient (Wildman–Crippen LogP) is 1.94. The molecule has 22 heavy (non-hydrogen) atoms. The fraction of sp³-hybridized carbons (Fsp3) is 0.267. The van der Waals surface area contributed by atoms with Gasteiger partial charge in [-0.25, -0.2) is 0 Å². The Bertz CT molecular complexity index is 637. The molecule has 0 atom stereocenters. The van der Waals surface area contributed by atoms with Gasteiger partial charge in [-0.2, -0.15) is 10.5 Å². The minimum Gasteiger partial charge on any atom is -0.378 e. The second-order valence-electron chi connectivity index (χ2n) is 4.44. The smallest absolute Gasteiger partial charge is 0.266 e. The largest absolute Gasteiger partial charge is 0.378 e. The van der Waals surface area contributed by atoms with Crippen LogP contribution in [-0.2, 0) is 9.53 Å². The molecule has 0 saturated carbocycles.